The van der Waals surface area contributed by atoms with E-state index in [0.29, 0.717) is 35.8 Å². The lowest BCUT2D eigenvalue weighted by atomic mass is 10.1. The third-order valence-electron chi connectivity index (χ3n) is 3.99. The number of nitrogens with two attached hydrogens (primary N) is 1. The summed E-state index contributed by atoms with van der Waals surface area (Å²) in [6.07, 6.45) is 3.52. The molecule has 1 saturated carbocycles. The van der Waals surface area contributed by atoms with Crippen LogP contribution < -0.4 is 11.3 Å². The summed E-state index contributed by atoms with van der Waals surface area (Å²) in [7, 11) is 0. The van der Waals surface area contributed by atoms with E-state index in [-0.39, 0.29) is 11.7 Å². The molecule has 106 valence electrons. The van der Waals surface area contributed by atoms with Gasteiger partial charge in [0.15, 0.2) is 0 Å². The van der Waals surface area contributed by atoms with Crippen LogP contribution in [0, 0.1) is 5.92 Å². The minimum absolute atomic E-state index is 0.115. The zero-order valence-corrected chi connectivity index (χ0v) is 11.3. The Morgan fingerprint density at radius 3 is 3.05 bits per heavy atom. The number of aromatic nitrogens is 2. The van der Waals surface area contributed by atoms with Crippen molar-refractivity contribution in [2.24, 2.45) is 11.7 Å². The summed E-state index contributed by atoms with van der Waals surface area (Å²) in [6.45, 7) is 0.994. The van der Waals surface area contributed by atoms with Gasteiger partial charge in [0, 0.05) is 0 Å². The molecule has 0 spiro atoms. The van der Waals surface area contributed by atoms with Crippen molar-refractivity contribution >= 4 is 10.9 Å². The van der Waals surface area contributed by atoms with Crippen LogP contribution >= 0.6 is 0 Å². The summed E-state index contributed by atoms with van der Waals surface area (Å²) in [5, 5.41) is 0.608. The van der Waals surface area contributed by atoms with E-state index in [0.717, 1.165) is 19.3 Å². The van der Waals surface area contributed by atoms with Gasteiger partial charge in [0.25, 0.3) is 5.56 Å². The molecule has 2 atom stereocenters. The number of nitrogens with one attached hydrogen (secondary N) is 1. The van der Waals surface area contributed by atoms with Crippen molar-refractivity contribution in [2.75, 3.05) is 6.54 Å². The molecule has 1 aromatic carbocycles. The fourth-order valence-electron chi connectivity index (χ4n) is 2.88. The molecule has 1 aliphatic carbocycles. The molecule has 0 saturated heterocycles. The molecule has 0 bridgehead atoms. The minimum atomic E-state index is -0.115. The lowest BCUT2D eigenvalue weighted by Gasteiger charge is -2.18. The maximum absolute atomic E-state index is 11.9. The predicted molar refractivity (Wildman–Crippen MR) is 77.3 cm³/mol. The van der Waals surface area contributed by atoms with Crippen LogP contribution in [0.5, 0.6) is 0 Å². The smallest absolute Gasteiger partial charge is 0.258 e. The number of hydrogen-bond donors (Lipinski definition) is 2. The number of fused-ring (bicyclic) bond motifs is 1. The average Bonchev–Trinajstić information content (AvgIpc) is 2.93. The predicted octanol–water partition coefficient (Wildman–Crippen LogP) is 1.57. The van der Waals surface area contributed by atoms with E-state index >= 15 is 0 Å². The van der Waals surface area contributed by atoms with E-state index < -0.39 is 0 Å². The SMILES string of the molecule is NCC1CCCC1OCc1nc2ccccc2c(=O)[nH]1. The van der Waals surface area contributed by atoms with Crippen LogP contribution in [0.4, 0.5) is 0 Å². The van der Waals surface area contributed by atoms with Crippen molar-refractivity contribution in [1.29, 1.82) is 0 Å². The molecule has 1 aromatic heterocycles. The average molecular weight is 273 g/mol. The zero-order valence-electron chi connectivity index (χ0n) is 11.3. The summed E-state index contributed by atoms with van der Waals surface area (Å²) >= 11 is 0. The van der Waals surface area contributed by atoms with E-state index in [4.69, 9.17) is 10.5 Å². The number of para-hydroxylation sites is 1. The molecule has 2 aromatic rings. The third-order valence-corrected chi connectivity index (χ3v) is 3.99. The highest BCUT2D eigenvalue weighted by atomic mass is 16.5. The first kappa shape index (κ1) is 13.3. The summed E-state index contributed by atoms with van der Waals surface area (Å²) in [6, 6.07) is 7.32. The van der Waals surface area contributed by atoms with Gasteiger partial charge >= 0.3 is 0 Å². The molecule has 3 rings (SSSR count). The highest BCUT2D eigenvalue weighted by Crippen LogP contribution is 2.27. The highest BCUT2D eigenvalue weighted by molar-refractivity contribution is 5.77. The highest BCUT2D eigenvalue weighted by Gasteiger charge is 2.26. The fourth-order valence-corrected chi connectivity index (χ4v) is 2.88. The number of nitrogens with zero attached hydrogens (tertiary/aromatic N) is 1. The van der Waals surface area contributed by atoms with Crippen LogP contribution in [0.2, 0.25) is 0 Å². The first-order chi connectivity index (χ1) is 9.78. The zero-order chi connectivity index (χ0) is 13.9. The van der Waals surface area contributed by atoms with E-state index in [1.807, 2.05) is 18.2 Å². The van der Waals surface area contributed by atoms with Crippen molar-refractivity contribution < 1.29 is 4.74 Å². The normalized spacial score (nSPS) is 22.4. The van der Waals surface area contributed by atoms with Gasteiger partial charge in [0.05, 0.1) is 17.0 Å². The molecule has 5 nitrogen and oxygen atoms in total. The molecule has 20 heavy (non-hydrogen) atoms. The van der Waals surface area contributed by atoms with Gasteiger partial charge < -0.3 is 15.5 Å². The Kier molecular flexibility index (Phi) is 3.80. The molecule has 1 fully saturated rings. The van der Waals surface area contributed by atoms with E-state index in [9.17, 15) is 4.79 Å². The quantitative estimate of drug-likeness (QED) is 0.886. The lowest BCUT2D eigenvalue weighted by Crippen LogP contribution is -2.26. The van der Waals surface area contributed by atoms with Crippen LogP contribution in [0.15, 0.2) is 29.1 Å². The van der Waals surface area contributed by atoms with Crippen molar-refractivity contribution in [3.63, 3.8) is 0 Å². The Morgan fingerprint density at radius 1 is 1.35 bits per heavy atom. The maximum Gasteiger partial charge on any atom is 0.258 e. The standard InChI is InChI=1S/C15H19N3O2/c16-8-10-4-3-7-13(10)20-9-14-17-12-6-2-1-5-11(12)15(19)18-14/h1-2,5-6,10,13H,3-4,7-9,16H2,(H,17,18,19). The Hall–Kier alpha value is -1.72. The van der Waals surface area contributed by atoms with Gasteiger partial charge in [0.2, 0.25) is 0 Å². The first-order valence-electron chi connectivity index (χ1n) is 7.07. The number of rotatable bonds is 4. The van der Waals surface area contributed by atoms with Crippen LogP contribution in [0.1, 0.15) is 25.1 Å². The Morgan fingerprint density at radius 2 is 2.20 bits per heavy atom. The Bertz CT molecular complexity index is 653. The fraction of sp³-hybridized carbons (Fsp3) is 0.467. The van der Waals surface area contributed by atoms with Gasteiger partial charge in [-0.2, -0.15) is 0 Å². The lowest BCUT2D eigenvalue weighted by molar-refractivity contribution is 0.0149. The molecular weight excluding hydrogens is 254 g/mol. The molecule has 0 amide bonds. The van der Waals surface area contributed by atoms with Gasteiger partial charge in [-0.1, -0.05) is 18.6 Å². The largest absolute Gasteiger partial charge is 0.370 e. The topological polar surface area (TPSA) is 81.0 Å². The van der Waals surface area contributed by atoms with Crippen molar-refractivity contribution in [3.05, 3.63) is 40.4 Å². The number of ether oxygens (including phenoxy) is 1. The van der Waals surface area contributed by atoms with E-state index in [1.165, 1.54) is 0 Å². The molecule has 0 radical (unpaired) electrons. The Balaban J connectivity index is 1.76. The van der Waals surface area contributed by atoms with Gasteiger partial charge in [0.1, 0.15) is 12.4 Å². The van der Waals surface area contributed by atoms with Gasteiger partial charge in [-0.3, -0.25) is 4.79 Å². The van der Waals surface area contributed by atoms with Crippen LogP contribution in [0.25, 0.3) is 10.9 Å². The molecular formula is C15H19N3O2. The van der Waals surface area contributed by atoms with Crippen molar-refractivity contribution in [3.8, 4) is 0 Å². The second kappa shape index (κ2) is 5.73. The Labute approximate surface area is 117 Å². The number of aromatic amines is 1. The van der Waals surface area contributed by atoms with Crippen LogP contribution in [0.3, 0.4) is 0 Å². The minimum Gasteiger partial charge on any atom is -0.370 e. The van der Waals surface area contributed by atoms with E-state index in [1.54, 1.807) is 6.07 Å². The molecule has 2 unspecified atom stereocenters. The number of H-pyrrole nitrogens is 1. The molecule has 1 heterocycles. The molecule has 1 aliphatic rings. The molecule has 5 heteroatoms. The summed E-state index contributed by atoms with van der Waals surface area (Å²) in [5.41, 5.74) is 6.33. The van der Waals surface area contributed by atoms with E-state index in [2.05, 4.69) is 9.97 Å². The molecule has 3 N–H and O–H groups in total. The van der Waals surface area contributed by atoms with Crippen LogP contribution in [-0.4, -0.2) is 22.6 Å². The number of benzene rings is 1. The van der Waals surface area contributed by atoms with Gasteiger partial charge in [-0.15, -0.1) is 0 Å². The second-order valence-electron chi connectivity index (χ2n) is 5.31. The summed E-state index contributed by atoms with van der Waals surface area (Å²) < 4.78 is 5.88. The molecule has 0 aliphatic heterocycles. The third kappa shape index (κ3) is 2.59. The van der Waals surface area contributed by atoms with Crippen molar-refractivity contribution in [1.82, 2.24) is 9.97 Å². The van der Waals surface area contributed by atoms with Gasteiger partial charge in [-0.25, -0.2) is 4.98 Å². The van der Waals surface area contributed by atoms with Crippen LogP contribution in [-0.2, 0) is 11.3 Å². The monoisotopic (exact) mass is 273 g/mol. The van der Waals surface area contributed by atoms with Crippen molar-refractivity contribution in [2.45, 2.75) is 32.0 Å². The first-order valence-corrected chi connectivity index (χ1v) is 7.07. The van der Waals surface area contributed by atoms with Gasteiger partial charge in [-0.05, 0) is 37.4 Å². The number of hydrogen-bond acceptors (Lipinski definition) is 4. The summed E-state index contributed by atoms with van der Waals surface area (Å²) in [5.74, 6) is 1.01. The summed E-state index contributed by atoms with van der Waals surface area (Å²) in [4.78, 5) is 19.2. The maximum atomic E-state index is 11.9. The second-order valence-corrected chi connectivity index (χ2v) is 5.31.